The molecular weight excluding hydrogens is 386 g/mol. The molecule has 0 spiro atoms. The van der Waals surface area contributed by atoms with Gasteiger partial charge in [-0.05, 0) is 85.2 Å². The van der Waals surface area contributed by atoms with E-state index in [9.17, 15) is 9.90 Å². The molecule has 2 atom stereocenters. The maximum atomic E-state index is 13.3. The van der Waals surface area contributed by atoms with Gasteiger partial charge in [0, 0.05) is 24.5 Å². The second-order valence-corrected chi connectivity index (χ2v) is 8.96. The SMILES string of the molecule is Cc1c(Cc2ccc(-n3cccn3)cc2)cc2c(c1C)CN([C@H]1CCCC[C@@H]1O)C2=O. The Balaban J connectivity index is 1.41. The number of aliphatic hydroxyl groups excluding tert-OH is 1. The first kappa shape index (κ1) is 20.0. The molecule has 0 saturated heterocycles. The number of benzene rings is 2. The van der Waals surface area contributed by atoms with Crippen molar-refractivity contribution in [2.24, 2.45) is 0 Å². The van der Waals surface area contributed by atoms with Gasteiger partial charge in [-0.25, -0.2) is 4.68 Å². The number of aliphatic hydroxyl groups is 1. The van der Waals surface area contributed by atoms with Crippen molar-refractivity contribution in [1.82, 2.24) is 14.7 Å². The molecule has 1 aromatic heterocycles. The molecule has 1 aliphatic carbocycles. The Morgan fingerprint density at radius 2 is 1.87 bits per heavy atom. The maximum Gasteiger partial charge on any atom is 0.254 e. The van der Waals surface area contributed by atoms with Crippen LogP contribution in [0.15, 0.2) is 48.8 Å². The van der Waals surface area contributed by atoms with Crippen LogP contribution in [0.4, 0.5) is 0 Å². The van der Waals surface area contributed by atoms with Gasteiger partial charge in [0.15, 0.2) is 0 Å². The number of hydrogen-bond donors (Lipinski definition) is 1. The molecule has 1 amide bonds. The maximum absolute atomic E-state index is 13.3. The Bertz CT molecular complexity index is 1100. The van der Waals surface area contributed by atoms with Crippen molar-refractivity contribution < 1.29 is 9.90 Å². The van der Waals surface area contributed by atoms with Crippen LogP contribution in [0.3, 0.4) is 0 Å². The third-order valence-electron chi connectivity index (χ3n) is 7.15. The molecule has 2 heterocycles. The van der Waals surface area contributed by atoms with Crippen molar-refractivity contribution in [2.45, 2.75) is 64.6 Å². The summed E-state index contributed by atoms with van der Waals surface area (Å²) in [5.41, 5.74) is 7.87. The summed E-state index contributed by atoms with van der Waals surface area (Å²) < 4.78 is 1.85. The number of nitrogens with zero attached hydrogens (tertiary/aromatic N) is 3. The normalized spacial score (nSPS) is 20.9. The Morgan fingerprint density at radius 3 is 2.58 bits per heavy atom. The Kier molecular flexibility index (Phi) is 5.14. The summed E-state index contributed by atoms with van der Waals surface area (Å²) in [7, 11) is 0. The van der Waals surface area contributed by atoms with Gasteiger partial charge < -0.3 is 10.0 Å². The van der Waals surface area contributed by atoms with E-state index in [1.54, 1.807) is 6.20 Å². The second kappa shape index (κ2) is 7.97. The van der Waals surface area contributed by atoms with Gasteiger partial charge in [-0.2, -0.15) is 5.10 Å². The van der Waals surface area contributed by atoms with Crippen LogP contribution in [0.1, 0.15) is 63.9 Å². The fraction of sp³-hybridized carbons (Fsp3) is 0.385. The lowest BCUT2D eigenvalue weighted by Crippen LogP contribution is -2.45. The van der Waals surface area contributed by atoms with E-state index in [0.717, 1.165) is 48.9 Å². The summed E-state index contributed by atoms with van der Waals surface area (Å²) >= 11 is 0. The minimum absolute atomic E-state index is 0.0494. The van der Waals surface area contributed by atoms with Crippen LogP contribution >= 0.6 is 0 Å². The first-order chi connectivity index (χ1) is 15.0. The lowest BCUT2D eigenvalue weighted by Gasteiger charge is -2.35. The van der Waals surface area contributed by atoms with Crippen LogP contribution < -0.4 is 0 Å². The number of aromatic nitrogens is 2. The number of fused-ring (bicyclic) bond motifs is 1. The molecular formula is C26H29N3O2. The molecule has 2 aromatic carbocycles. The molecule has 3 aromatic rings. The third-order valence-corrected chi connectivity index (χ3v) is 7.15. The van der Waals surface area contributed by atoms with Crippen molar-refractivity contribution in [1.29, 1.82) is 0 Å². The van der Waals surface area contributed by atoms with E-state index in [2.05, 4.69) is 49.3 Å². The highest BCUT2D eigenvalue weighted by molar-refractivity contribution is 5.99. The highest BCUT2D eigenvalue weighted by Crippen LogP contribution is 2.35. The quantitative estimate of drug-likeness (QED) is 0.690. The summed E-state index contributed by atoms with van der Waals surface area (Å²) in [5, 5.41) is 14.8. The fourth-order valence-corrected chi connectivity index (χ4v) is 5.14. The number of carbonyl (C=O) groups is 1. The molecule has 0 unspecified atom stereocenters. The van der Waals surface area contributed by atoms with E-state index < -0.39 is 6.10 Å². The van der Waals surface area contributed by atoms with Gasteiger partial charge in [0.1, 0.15) is 0 Å². The largest absolute Gasteiger partial charge is 0.391 e. The molecule has 5 heteroatoms. The van der Waals surface area contributed by atoms with Crippen molar-refractivity contribution in [3.05, 3.63) is 82.2 Å². The van der Waals surface area contributed by atoms with E-state index >= 15 is 0 Å². The highest BCUT2D eigenvalue weighted by Gasteiger charge is 2.38. The van der Waals surface area contributed by atoms with Crippen molar-refractivity contribution >= 4 is 5.91 Å². The fourth-order valence-electron chi connectivity index (χ4n) is 5.14. The predicted molar refractivity (Wildman–Crippen MR) is 120 cm³/mol. The lowest BCUT2D eigenvalue weighted by molar-refractivity contribution is 0.0191. The molecule has 5 rings (SSSR count). The lowest BCUT2D eigenvalue weighted by atomic mass is 9.91. The van der Waals surface area contributed by atoms with E-state index in [1.165, 1.54) is 22.3 Å². The third kappa shape index (κ3) is 3.57. The van der Waals surface area contributed by atoms with Crippen molar-refractivity contribution in [3.8, 4) is 5.69 Å². The van der Waals surface area contributed by atoms with Crippen LogP contribution in [-0.4, -0.2) is 37.8 Å². The van der Waals surface area contributed by atoms with Gasteiger partial charge in [-0.3, -0.25) is 4.79 Å². The van der Waals surface area contributed by atoms with Crippen molar-refractivity contribution in [3.63, 3.8) is 0 Å². The monoisotopic (exact) mass is 415 g/mol. The van der Waals surface area contributed by atoms with E-state index in [-0.39, 0.29) is 11.9 Å². The van der Waals surface area contributed by atoms with Gasteiger partial charge in [0.25, 0.3) is 5.91 Å². The predicted octanol–water partition coefficient (Wildman–Crippen LogP) is 4.34. The van der Waals surface area contributed by atoms with Gasteiger partial charge in [0.2, 0.25) is 0 Å². The Hall–Kier alpha value is -2.92. The Morgan fingerprint density at radius 1 is 1.10 bits per heavy atom. The van der Waals surface area contributed by atoms with Crippen LogP contribution in [0.2, 0.25) is 0 Å². The zero-order chi connectivity index (χ0) is 21.5. The molecule has 1 aliphatic heterocycles. The van der Waals surface area contributed by atoms with Crippen LogP contribution in [0, 0.1) is 13.8 Å². The molecule has 1 fully saturated rings. The average molecular weight is 416 g/mol. The Labute approximate surface area is 183 Å². The highest BCUT2D eigenvalue weighted by atomic mass is 16.3. The van der Waals surface area contributed by atoms with Crippen LogP contribution in [0.5, 0.6) is 0 Å². The second-order valence-electron chi connectivity index (χ2n) is 8.96. The number of amides is 1. The standard InChI is InChI=1S/C26H29N3O2/c1-17-18(2)23-16-28(24-6-3-4-7-25(24)30)26(31)22(23)15-20(17)14-19-8-10-21(11-9-19)29-13-5-12-27-29/h5,8-13,15,24-25,30H,3-4,6-7,14,16H2,1-2H3/t24-,25-/m0/s1. The minimum Gasteiger partial charge on any atom is -0.391 e. The summed E-state index contributed by atoms with van der Waals surface area (Å²) in [4.78, 5) is 15.2. The van der Waals surface area contributed by atoms with E-state index in [4.69, 9.17) is 0 Å². The van der Waals surface area contributed by atoms with Crippen molar-refractivity contribution in [2.75, 3.05) is 0 Å². The summed E-state index contributed by atoms with van der Waals surface area (Å²) in [6, 6.07) is 12.4. The molecule has 1 saturated carbocycles. The minimum atomic E-state index is -0.402. The molecule has 0 radical (unpaired) electrons. The zero-order valence-electron chi connectivity index (χ0n) is 18.2. The molecule has 160 valence electrons. The smallest absolute Gasteiger partial charge is 0.254 e. The molecule has 0 bridgehead atoms. The number of rotatable bonds is 4. The topological polar surface area (TPSA) is 58.4 Å². The zero-order valence-corrected chi connectivity index (χ0v) is 18.2. The number of carbonyl (C=O) groups excluding carboxylic acids is 1. The summed E-state index contributed by atoms with van der Waals surface area (Å²) in [6.07, 6.45) is 7.92. The average Bonchev–Trinajstić information content (AvgIpc) is 3.42. The van der Waals surface area contributed by atoms with Gasteiger partial charge in [-0.1, -0.05) is 25.0 Å². The van der Waals surface area contributed by atoms with Crippen LogP contribution in [0.25, 0.3) is 5.69 Å². The van der Waals surface area contributed by atoms with Gasteiger partial charge in [-0.15, -0.1) is 0 Å². The van der Waals surface area contributed by atoms with Gasteiger partial charge in [0.05, 0.1) is 17.8 Å². The van der Waals surface area contributed by atoms with E-state index in [1.807, 2.05) is 21.8 Å². The van der Waals surface area contributed by atoms with E-state index in [0.29, 0.717) is 6.54 Å². The molecule has 1 N–H and O–H groups in total. The molecule has 5 nitrogen and oxygen atoms in total. The first-order valence-corrected chi connectivity index (χ1v) is 11.2. The summed E-state index contributed by atoms with van der Waals surface area (Å²) in [5.74, 6) is 0.0827. The van der Waals surface area contributed by atoms with Gasteiger partial charge >= 0.3 is 0 Å². The summed E-state index contributed by atoms with van der Waals surface area (Å²) in [6.45, 7) is 4.92. The number of hydrogen-bond acceptors (Lipinski definition) is 3. The first-order valence-electron chi connectivity index (χ1n) is 11.2. The molecule has 31 heavy (non-hydrogen) atoms. The molecule has 2 aliphatic rings. The van der Waals surface area contributed by atoms with Crippen LogP contribution in [-0.2, 0) is 13.0 Å².